The number of aldehydes is 1. The summed E-state index contributed by atoms with van der Waals surface area (Å²) in [5.74, 6) is 1.83. The minimum Gasteiger partial charge on any atom is -0.298 e. The molecule has 0 N–H and O–H groups in total. The van der Waals surface area contributed by atoms with Crippen LogP contribution in [-0.2, 0) is 0 Å². The summed E-state index contributed by atoms with van der Waals surface area (Å²) >= 11 is 1.46. The number of terminal acetylenes is 1. The summed E-state index contributed by atoms with van der Waals surface area (Å²) in [6, 6.07) is 17.6. The Kier molecular flexibility index (Phi) is 4.79. The fourth-order valence-corrected chi connectivity index (χ4v) is 4.10. The number of carbonyl (C=O) groups is 3. The number of hydrogen-bond acceptors (Lipinski definition) is 4. The van der Waals surface area contributed by atoms with Crippen molar-refractivity contribution in [2.24, 2.45) is 0 Å². The maximum atomic E-state index is 13.0. The Morgan fingerprint density at radius 1 is 0.897 bits per heavy atom. The highest BCUT2D eigenvalue weighted by Crippen LogP contribution is 2.34. The van der Waals surface area contributed by atoms with Gasteiger partial charge in [-0.05, 0) is 61.0 Å². The third kappa shape index (κ3) is 3.46. The first-order valence-corrected chi connectivity index (χ1v) is 9.66. The van der Waals surface area contributed by atoms with E-state index in [2.05, 4.69) is 5.92 Å². The smallest absolute Gasteiger partial charge is 0.266 e. The fourth-order valence-electron chi connectivity index (χ4n) is 3.24. The van der Waals surface area contributed by atoms with Crippen LogP contribution in [0.4, 0.5) is 5.69 Å². The van der Waals surface area contributed by atoms with Gasteiger partial charge in [0.15, 0.2) is 0 Å². The van der Waals surface area contributed by atoms with Gasteiger partial charge in [0.05, 0.1) is 16.8 Å². The van der Waals surface area contributed by atoms with Crippen LogP contribution in [0.15, 0.2) is 70.5 Å². The second-order valence-corrected chi connectivity index (χ2v) is 7.79. The molecule has 0 saturated carbocycles. The zero-order valence-corrected chi connectivity index (χ0v) is 16.3. The van der Waals surface area contributed by atoms with Crippen LogP contribution in [-0.4, -0.2) is 18.1 Å². The number of amides is 2. The molecule has 3 aromatic rings. The van der Waals surface area contributed by atoms with Gasteiger partial charge in [-0.2, -0.15) is 0 Å². The van der Waals surface area contributed by atoms with E-state index < -0.39 is 0 Å². The normalized spacial score (nSPS) is 12.6. The number of imide groups is 1. The van der Waals surface area contributed by atoms with Crippen LogP contribution in [0, 0.1) is 19.3 Å². The Morgan fingerprint density at radius 3 is 2.28 bits per heavy atom. The molecule has 2 amide bonds. The Bertz CT molecular complexity index is 1210. The summed E-state index contributed by atoms with van der Waals surface area (Å²) in [5, 5.41) is 0. The Morgan fingerprint density at radius 2 is 1.59 bits per heavy atom. The lowest BCUT2D eigenvalue weighted by atomic mass is 10.1. The van der Waals surface area contributed by atoms with Crippen LogP contribution < -0.4 is 4.90 Å². The first-order chi connectivity index (χ1) is 14.0. The summed E-state index contributed by atoms with van der Waals surface area (Å²) in [7, 11) is 0. The molecule has 0 atom stereocenters. The lowest BCUT2D eigenvalue weighted by molar-refractivity contribution is 0.0925. The second-order valence-electron chi connectivity index (χ2n) is 6.64. The molecule has 0 unspecified atom stereocenters. The van der Waals surface area contributed by atoms with Crippen molar-refractivity contribution >= 4 is 35.5 Å². The summed E-state index contributed by atoms with van der Waals surface area (Å²) in [6.07, 6.45) is 6.28. The third-order valence-electron chi connectivity index (χ3n) is 4.60. The highest BCUT2D eigenvalue weighted by atomic mass is 32.2. The van der Waals surface area contributed by atoms with Crippen molar-refractivity contribution in [2.75, 3.05) is 4.90 Å². The second kappa shape index (κ2) is 7.42. The van der Waals surface area contributed by atoms with Gasteiger partial charge >= 0.3 is 0 Å². The minimum absolute atomic E-state index is 0.356. The molecule has 1 aliphatic rings. The Balaban J connectivity index is 1.66. The number of nitrogens with zero attached hydrogens (tertiary/aromatic N) is 1. The molecule has 1 heterocycles. The lowest BCUT2D eigenvalue weighted by Crippen LogP contribution is -2.29. The molecule has 29 heavy (non-hydrogen) atoms. The van der Waals surface area contributed by atoms with Gasteiger partial charge in [-0.25, -0.2) is 4.90 Å². The van der Waals surface area contributed by atoms with Gasteiger partial charge in [-0.1, -0.05) is 29.8 Å². The monoisotopic (exact) mass is 397 g/mol. The average Bonchev–Trinajstić information content (AvgIpc) is 2.98. The van der Waals surface area contributed by atoms with Gasteiger partial charge in [0.25, 0.3) is 11.8 Å². The van der Waals surface area contributed by atoms with E-state index in [1.165, 1.54) is 16.7 Å². The van der Waals surface area contributed by atoms with Crippen molar-refractivity contribution in [3.8, 4) is 12.3 Å². The van der Waals surface area contributed by atoms with Crippen molar-refractivity contribution in [3.05, 3.63) is 88.5 Å². The summed E-state index contributed by atoms with van der Waals surface area (Å²) in [4.78, 5) is 39.6. The molecule has 0 aromatic heterocycles. The maximum absolute atomic E-state index is 13.0. The largest absolute Gasteiger partial charge is 0.298 e. The molecule has 0 fully saturated rings. The van der Waals surface area contributed by atoms with Crippen LogP contribution in [0.25, 0.3) is 0 Å². The van der Waals surface area contributed by atoms with Crippen LogP contribution in [0.5, 0.6) is 0 Å². The van der Waals surface area contributed by atoms with Crippen molar-refractivity contribution in [1.82, 2.24) is 0 Å². The van der Waals surface area contributed by atoms with Gasteiger partial charge < -0.3 is 0 Å². The predicted molar refractivity (Wildman–Crippen MR) is 113 cm³/mol. The zero-order valence-electron chi connectivity index (χ0n) is 15.5. The molecular weight excluding hydrogens is 382 g/mol. The van der Waals surface area contributed by atoms with Gasteiger partial charge in [-0.3, -0.25) is 14.4 Å². The summed E-state index contributed by atoms with van der Waals surface area (Å²) in [6.45, 7) is 1.87. The van der Waals surface area contributed by atoms with Crippen molar-refractivity contribution < 1.29 is 14.4 Å². The van der Waals surface area contributed by atoms with E-state index in [0.29, 0.717) is 27.9 Å². The number of hydrogen-bond donors (Lipinski definition) is 0. The quantitative estimate of drug-likeness (QED) is 0.362. The molecule has 0 saturated heterocycles. The highest BCUT2D eigenvalue weighted by molar-refractivity contribution is 7.99. The Hall–Kier alpha value is -3.62. The van der Waals surface area contributed by atoms with Crippen LogP contribution in [0.1, 0.15) is 42.2 Å². The molecule has 4 nitrogen and oxygen atoms in total. The molecular formula is C24H15NO3S. The SMILES string of the molecule is C#Cc1cc(C)cc(N2C(=O)c3ccc(Sc4ccc(C=O)cc4)cc3C2=O)c1. The average molecular weight is 397 g/mol. The number of anilines is 1. The van der Waals surface area contributed by atoms with Crippen LogP contribution in [0.3, 0.4) is 0 Å². The first-order valence-electron chi connectivity index (χ1n) is 8.84. The van der Waals surface area contributed by atoms with Crippen molar-refractivity contribution in [3.63, 3.8) is 0 Å². The van der Waals surface area contributed by atoms with Gasteiger partial charge in [0.1, 0.15) is 6.29 Å². The predicted octanol–water partition coefficient (Wildman–Crippen LogP) is 4.74. The summed E-state index contributed by atoms with van der Waals surface area (Å²) < 4.78 is 0. The van der Waals surface area contributed by atoms with Gasteiger partial charge in [0, 0.05) is 20.9 Å². The van der Waals surface area contributed by atoms with Crippen molar-refractivity contribution in [2.45, 2.75) is 16.7 Å². The van der Waals surface area contributed by atoms with Crippen LogP contribution >= 0.6 is 11.8 Å². The molecule has 1 aliphatic heterocycles. The standard InChI is InChI=1S/C24H15NO3S/c1-3-16-10-15(2)11-18(12-16)25-23(27)21-9-8-20(13-22(21)24(25)28)29-19-6-4-17(14-26)5-7-19/h1,4-14H,2H3. The van der Waals surface area contributed by atoms with E-state index in [9.17, 15) is 14.4 Å². The van der Waals surface area contributed by atoms with E-state index in [1.54, 1.807) is 36.4 Å². The third-order valence-corrected chi connectivity index (χ3v) is 5.59. The number of rotatable bonds is 4. The molecule has 5 heteroatoms. The maximum Gasteiger partial charge on any atom is 0.266 e. The van der Waals surface area contributed by atoms with Gasteiger partial charge in [0.2, 0.25) is 0 Å². The van der Waals surface area contributed by atoms with E-state index in [0.717, 1.165) is 21.6 Å². The Labute approximate surface area is 172 Å². The van der Waals surface area contributed by atoms with Gasteiger partial charge in [-0.15, -0.1) is 6.42 Å². The minimum atomic E-state index is -0.364. The molecule has 0 spiro atoms. The molecule has 4 rings (SSSR count). The first kappa shape index (κ1) is 18.7. The topological polar surface area (TPSA) is 54.5 Å². The number of benzene rings is 3. The summed E-state index contributed by atoms with van der Waals surface area (Å²) in [5.41, 5.74) is 3.31. The van der Waals surface area contributed by atoms with E-state index in [4.69, 9.17) is 6.42 Å². The lowest BCUT2D eigenvalue weighted by Gasteiger charge is -2.15. The van der Waals surface area contributed by atoms with Crippen molar-refractivity contribution in [1.29, 1.82) is 0 Å². The fraction of sp³-hybridized carbons (Fsp3) is 0.0417. The zero-order chi connectivity index (χ0) is 20.5. The molecule has 0 radical (unpaired) electrons. The number of aryl methyl sites for hydroxylation is 1. The molecule has 0 bridgehead atoms. The molecule has 3 aromatic carbocycles. The highest BCUT2D eigenvalue weighted by Gasteiger charge is 2.37. The van der Waals surface area contributed by atoms with E-state index in [1.807, 2.05) is 31.2 Å². The van der Waals surface area contributed by atoms with Crippen LogP contribution in [0.2, 0.25) is 0 Å². The van der Waals surface area contributed by atoms with E-state index in [-0.39, 0.29) is 11.8 Å². The molecule has 0 aliphatic carbocycles. The van der Waals surface area contributed by atoms with E-state index >= 15 is 0 Å². The number of carbonyl (C=O) groups excluding carboxylic acids is 3. The number of fused-ring (bicyclic) bond motifs is 1. The molecule has 140 valence electrons.